The molecule has 0 aliphatic carbocycles. The van der Waals surface area contributed by atoms with Crippen LogP contribution in [-0.2, 0) is 4.79 Å². The molecule has 0 bridgehead atoms. The molecule has 0 spiro atoms. The highest BCUT2D eigenvalue weighted by atomic mass is 16.2. The number of allylic oxidation sites excluding steroid dienone is 1. The number of fused-ring (bicyclic) bond motifs is 1. The van der Waals surface area contributed by atoms with Gasteiger partial charge in [-0.15, -0.1) is 0 Å². The summed E-state index contributed by atoms with van der Waals surface area (Å²) in [4.78, 5) is 35.5. The lowest BCUT2D eigenvalue weighted by atomic mass is 9.82. The van der Waals surface area contributed by atoms with Crippen LogP contribution in [0.2, 0.25) is 0 Å². The van der Waals surface area contributed by atoms with Crippen LogP contribution < -0.4 is 10.6 Å². The predicted octanol–water partition coefficient (Wildman–Crippen LogP) is 5.02. The number of nitrogens with zero attached hydrogens (tertiary/aromatic N) is 4. The average molecular weight is 505 g/mol. The van der Waals surface area contributed by atoms with Crippen molar-refractivity contribution in [1.82, 2.24) is 25.4 Å². The predicted molar refractivity (Wildman–Crippen MR) is 149 cm³/mol. The number of hydrogen-bond donors (Lipinski definition) is 2. The molecule has 0 saturated carbocycles. The van der Waals surface area contributed by atoms with Gasteiger partial charge in [-0.2, -0.15) is 5.10 Å². The summed E-state index contributed by atoms with van der Waals surface area (Å²) in [6.07, 6.45) is 5.50. The van der Waals surface area contributed by atoms with Gasteiger partial charge in [0, 0.05) is 29.4 Å². The lowest BCUT2D eigenvalue weighted by Crippen LogP contribution is -2.53. The van der Waals surface area contributed by atoms with E-state index in [1.54, 1.807) is 6.20 Å². The Labute approximate surface area is 219 Å². The fraction of sp³-hybridized carbons (Fsp3) is 0.552. The Morgan fingerprint density at radius 1 is 1.24 bits per heavy atom. The number of hydrogen-bond acceptors (Lipinski definition) is 5. The van der Waals surface area contributed by atoms with E-state index in [0.717, 1.165) is 41.0 Å². The van der Waals surface area contributed by atoms with Crippen LogP contribution >= 0.6 is 0 Å². The van der Waals surface area contributed by atoms with Gasteiger partial charge in [-0.25, -0.2) is 14.7 Å². The number of pyridine rings is 1. The van der Waals surface area contributed by atoms with Crippen molar-refractivity contribution < 1.29 is 9.59 Å². The SMILES string of the molecule is CCC1=C(C)C(CNC(=O)c2cc(C3=CC(C)(C)NC(C)(C)C3)nc3c2cnn3C(C)C)C(=O)N=C1C. The Kier molecular flexibility index (Phi) is 7.01. The topological polar surface area (TPSA) is 101 Å². The normalized spacial score (nSPS) is 21.4. The van der Waals surface area contributed by atoms with Gasteiger partial charge in [0.1, 0.15) is 0 Å². The van der Waals surface area contributed by atoms with Crippen molar-refractivity contribution in [3.05, 3.63) is 40.7 Å². The number of dihydropyridines is 1. The van der Waals surface area contributed by atoms with Crippen LogP contribution in [-0.4, -0.2) is 49.9 Å². The monoisotopic (exact) mass is 504 g/mol. The summed E-state index contributed by atoms with van der Waals surface area (Å²) < 4.78 is 1.86. The molecule has 1 unspecified atom stereocenters. The van der Waals surface area contributed by atoms with Crippen LogP contribution in [0.5, 0.6) is 0 Å². The van der Waals surface area contributed by atoms with E-state index >= 15 is 0 Å². The van der Waals surface area contributed by atoms with Gasteiger partial charge < -0.3 is 10.6 Å². The zero-order chi connectivity index (χ0) is 27.3. The first kappa shape index (κ1) is 26.9. The van der Waals surface area contributed by atoms with Crippen molar-refractivity contribution in [3.63, 3.8) is 0 Å². The summed E-state index contributed by atoms with van der Waals surface area (Å²) in [5, 5.41) is 11.9. The van der Waals surface area contributed by atoms with E-state index in [2.05, 4.69) is 61.4 Å². The second kappa shape index (κ2) is 9.63. The number of aromatic nitrogens is 3. The van der Waals surface area contributed by atoms with Crippen molar-refractivity contribution in [2.45, 2.75) is 92.3 Å². The summed E-state index contributed by atoms with van der Waals surface area (Å²) in [5.41, 5.74) is 5.59. The molecule has 4 rings (SSSR count). The summed E-state index contributed by atoms with van der Waals surface area (Å²) >= 11 is 0. The molecule has 8 nitrogen and oxygen atoms in total. The molecule has 0 saturated heterocycles. The van der Waals surface area contributed by atoms with Gasteiger partial charge in [0.15, 0.2) is 5.65 Å². The molecule has 8 heteroatoms. The van der Waals surface area contributed by atoms with Crippen LogP contribution in [0.1, 0.15) is 97.2 Å². The van der Waals surface area contributed by atoms with Gasteiger partial charge in [0.25, 0.3) is 11.8 Å². The van der Waals surface area contributed by atoms with Gasteiger partial charge in [-0.05, 0) is 85.4 Å². The molecule has 37 heavy (non-hydrogen) atoms. The van der Waals surface area contributed by atoms with Gasteiger partial charge in [0.2, 0.25) is 0 Å². The molecule has 2 aromatic rings. The van der Waals surface area contributed by atoms with Gasteiger partial charge in [-0.3, -0.25) is 9.59 Å². The molecule has 198 valence electrons. The van der Waals surface area contributed by atoms with E-state index in [9.17, 15) is 9.59 Å². The van der Waals surface area contributed by atoms with Crippen LogP contribution in [0.3, 0.4) is 0 Å². The van der Waals surface area contributed by atoms with E-state index in [1.165, 1.54) is 0 Å². The lowest BCUT2D eigenvalue weighted by Gasteiger charge is -2.41. The minimum Gasteiger partial charge on any atom is -0.351 e. The maximum absolute atomic E-state index is 13.6. The zero-order valence-electron chi connectivity index (χ0n) is 23.6. The molecule has 0 aromatic carbocycles. The van der Waals surface area contributed by atoms with Gasteiger partial charge in [-0.1, -0.05) is 18.6 Å². The highest BCUT2D eigenvalue weighted by Crippen LogP contribution is 2.35. The third kappa shape index (κ3) is 5.30. The van der Waals surface area contributed by atoms with Gasteiger partial charge >= 0.3 is 0 Å². The highest BCUT2D eigenvalue weighted by Gasteiger charge is 2.34. The molecule has 2 aromatic heterocycles. The second-order valence-electron chi connectivity index (χ2n) is 11.9. The fourth-order valence-electron chi connectivity index (χ4n) is 5.88. The zero-order valence-corrected chi connectivity index (χ0v) is 23.6. The van der Waals surface area contributed by atoms with Crippen molar-refractivity contribution >= 4 is 34.1 Å². The van der Waals surface area contributed by atoms with E-state index < -0.39 is 5.92 Å². The van der Waals surface area contributed by atoms with E-state index in [1.807, 2.05) is 38.4 Å². The van der Waals surface area contributed by atoms with Crippen molar-refractivity contribution in [1.29, 1.82) is 0 Å². The third-order valence-electron chi connectivity index (χ3n) is 7.29. The molecule has 1 atom stereocenters. The number of carbonyl (C=O) groups excluding carboxylic acids is 2. The summed E-state index contributed by atoms with van der Waals surface area (Å²) in [7, 11) is 0. The molecular weight excluding hydrogens is 464 g/mol. The Balaban J connectivity index is 1.73. The number of aliphatic imine (C=N–C) groups is 1. The number of amides is 2. The average Bonchev–Trinajstić information content (AvgIpc) is 3.20. The Bertz CT molecular complexity index is 1360. The van der Waals surface area contributed by atoms with Crippen molar-refractivity contribution in [2.75, 3.05) is 6.54 Å². The Morgan fingerprint density at radius 2 is 1.95 bits per heavy atom. The van der Waals surface area contributed by atoms with Crippen LogP contribution in [0, 0.1) is 5.92 Å². The fourth-order valence-corrected chi connectivity index (χ4v) is 5.88. The number of nitrogens with one attached hydrogen (secondary N) is 2. The standard InChI is InChI=1S/C29H40N6O2/c1-10-20-17(4)22(27(37)32-18(20)5)14-30-26(36)21-11-24(19-12-28(6,7)34-29(8,9)13-19)33-25-23(21)15-31-35(25)16(2)3/h11-12,15-16,22,34H,10,13-14H2,1-9H3,(H,30,36). The van der Waals surface area contributed by atoms with Crippen molar-refractivity contribution in [3.8, 4) is 0 Å². The Hall–Kier alpha value is -3.13. The minimum atomic E-state index is -0.452. The molecule has 2 aliphatic rings. The van der Waals surface area contributed by atoms with E-state index in [4.69, 9.17) is 4.98 Å². The maximum atomic E-state index is 13.6. The van der Waals surface area contributed by atoms with Crippen LogP contribution in [0.15, 0.2) is 34.5 Å². The molecule has 2 aliphatic heterocycles. The molecule has 0 radical (unpaired) electrons. The lowest BCUT2D eigenvalue weighted by molar-refractivity contribution is -0.120. The van der Waals surface area contributed by atoms with E-state index in [0.29, 0.717) is 16.6 Å². The van der Waals surface area contributed by atoms with Gasteiger partial charge in [0.05, 0.1) is 28.8 Å². The number of carbonyl (C=O) groups is 2. The molecule has 2 N–H and O–H groups in total. The summed E-state index contributed by atoms with van der Waals surface area (Å²) in [5.74, 6) is -0.897. The van der Waals surface area contributed by atoms with Crippen LogP contribution in [0.4, 0.5) is 0 Å². The Morgan fingerprint density at radius 3 is 2.57 bits per heavy atom. The molecule has 2 amide bonds. The second-order valence-corrected chi connectivity index (χ2v) is 11.9. The quantitative estimate of drug-likeness (QED) is 0.575. The van der Waals surface area contributed by atoms with Crippen molar-refractivity contribution in [2.24, 2.45) is 10.9 Å². The molecule has 0 fully saturated rings. The summed E-state index contributed by atoms with van der Waals surface area (Å²) in [6, 6.07) is 1.96. The highest BCUT2D eigenvalue weighted by molar-refractivity contribution is 6.10. The first-order chi connectivity index (χ1) is 17.2. The first-order valence-electron chi connectivity index (χ1n) is 13.2. The molecular formula is C29H40N6O2. The van der Waals surface area contributed by atoms with E-state index in [-0.39, 0.29) is 35.5 Å². The molecule has 4 heterocycles. The summed E-state index contributed by atoms with van der Waals surface area (Å²) in [6.45, 7) is 18.8. The largest absolute Gasteiger partial charge is 0.351 e. The maximum Gasteiger partial charge on any atom is 0.254 e. The van der Waals surface area contributed by atoms with Crippen LogP contribution in [0.25, 0.3) is 16.6 Å². The minimum absolute atomic E-state index is 0.0901. The first-order valence-corrected chi connectivity index (χ1v) is 13.2. The smallest absolute Gasteiger partial charge is 0.254 e. The number of rotatable bonds is 6. The third-order valence-corrected chi connectivity index (χ3v) is 7.29.